The summed E-state index contributed by atoms with van der Waals surface area (Å²) in [5.74, 6) is -1.51. The molecule has 39 heavy (non-hydrogen) atoms. The highest BCUT2D eigenvalue weighted by molar-refractivity contribution is 8.00. The number of amides is 3. The molecule has 4 aromatic rings. The molecule has 0 saturated heterocycles. The standard InChI is InChI=1S/C30H25FN4O3S/c1-20(28(36)33-24-11-9-23(31)10-12-24)39-26-15-13-25(14-16-26)34-30(38)27(18-21-6-5-17-32-19-21)35-29(37)22-7-3-2-4-8-22/h2-20H,1H3,(H,33,36)(H,34,38)(H,35,37)/b27-18-. The van der Waals surface area contributed by atoms with E-state index in [-0.39, 0.29) is 17.4 Å². The Bertz CT molecular complexity index is 1460. The zero-order chi connectivity index (χ0) is 27.6. The fraction of sp³-hybridized carbons (Fsp3) is 0.0667. The highest BCUT2D eigenvalue weighted by Crippen LogP contribution is 2.26. The quantitative estimate of drug-likeness (QED) is 0.185. The molecule has 4 rings (SSSR count). The zero-order valence-electron chi connectivity index (χ0n) is 20.9. The van der Waals surface area contributed by atoms with Gasteiger partial charge >= 0.3 is 0 Å². The van der Waals surface area contributed by atoms with Crippen molar-refractivity contribution in [2.75, 3.05) is 10.6 Å². The molecule has 7 nitrogen and oxygen atoms in total. The molecule has 0 spiro atoms. The lowest BCUT2D eigenvalue weighted by molar-refractivity contribution is -0.115. The van der Waals surface area contributed by atoms with Gasteiger partial charge < -0.3 is 16.0 Å². The first-order valence-electron chi connectivity index (χ1n) is 12.0. The first-order valence-corrected chi connectivity index (χ1v) is 12.9. The number of aromatic nitrogens is 1. The average Bonchev–Trinajstić information content (AvgIpc) is 2.96. The molecular weight excluding hydrogens is 515 g/mol. The van der Waals surface area contributed by atoms with Gasteiger partial charge in [-0.1, -0.05) is 24.3 Å². The van der Waals surface area contributed by atoms with Crippen LogP contribution < -0.4 is 16.0 Å². The molecule has 1 unspecified atom stereocenters. The van der Waals surface area contributed by atoms with Crippen molar-refractivity contribution < 1.29 is 18.8 Å². The highest BCUT2D eigenvalue weighted by atomic mass is 32.2. The summed E-state index contributed by atoms with van der Waals surface area (Å²) in [6.45, 7) is 1.77. The molecule has 0 radical (unpaired) electrons. The van der Waals surface area contributed by atoms with Crippen LogP contribution in [0.3, 0.4) is 0 Å². The second-order valence-electron chi connectivity index (χ2n) is 8.40. The summed E-state index contributed by atoms with van der Waals surface area (Å²) in [4.78, 5) is 43.2. The van der Waals surface area contributed by atoms with Crippen molar-refractivity contribution in [3.05, 3.63) is 126 Å². The number of thioether (sulfide) groups is 1. The first-order chi connectivity index (χ1) is 18.9. The molecule has 1 aromatic heterocycles. The van der Waals surface area contributed by atoms with Crippen LogP contribution in [0.2, 0.25) is 0 Å². The van der Waals surface area contributed by atoms with E-state index in [1.165, 1.54) is 36.0 Å². The van der Waals surface area contributed by atoms with Gasteiger partial charge in [-0.05, 0) is 85.3 Å². The molecule has 0 aliphatic carbocycles. The van der Waals surface area contributed by atoms with E-state index in [4.69, 9.17) is 0 Å². The predicted octanol–water partition coefficient (Wildman–Crippen LogP) is 5.75. The minimum atomic E-state index is -0.504. The Hall–Kier alpha value is -4.76. The highest BCUT2D eigenvalue weighted by Gasteiger charge is 2.17. The van der Waals surface area contributed by atoms with Crippen LogP contribution in [0, 0.1) is 5.82 Å². The van der Waals surface area contributed by atoms with Gasteiger partial charge in [-0.15, -0.1) is 11.8 Å². The fourth-order valence-electron chi connectivity index (χ4n) is 3.42. The number of nitrogens with one attached hydrogen (secondary N) is 3. The van der Waals surface area contributed by atoms with E-state index in [1.807, 2.05) is 0 Å². The molecule has 1 heterocycles. The van der Waals surface area contributed by atoms with E-state index in [0.29, 0.717) is 22.5 Å². The van der Waals surface area contributed by atoms with Gasteiger partial charge in [-0.3, -0.25) is 19.4 Å². The van der Waals surface area contributed by atoms with Crippen molar-refractivity contribution in [2.24, 2.45) is 0 Å². The average molecular weight is 541 g/mol. The molecule has 0 aliphatic rings. The van der Waals surface area contributed by atoms with E-state index >= 15 is 0 Å². The van der Waals surface area contributed by atoms with Crippen LogP contribution in [0.5, 0.6) is 0 Å². The van der Waals surface area contributed by atoms with Crippen LogP contribution >= 0.6 is 11.8 Å². The molecule has 9 heteroatoms. The lowest BCUT2D eigenvalue weighted by Crippen LogP contribution is -2.30. The van der Waals surface area contributed by atoms with E-state index in [9.17, 15) is 18.8 Å². The van der Waals surface area contributed by atoms with Gasteiger partial charge in [0, 0.05) is 34.2 Å². The topological polar surface area (TPSA) is 100 Å². The number of rotatable bonds is 9. The van der Waals surface area contributed by atoms with E-state index in [1.54, 1.807) is 92.1 Å². The molecule has 0 fully saturated rings. The summed E-state index contributed by atoms with van der Waals surface area (Å²) in [6, 6.07) is 24.7. The van der Waals surface area contributed by atoms with Gasteiger partial charge in [0.2, 0.25) is 5.91 Å². The van der Waals surface area contributed by atoms with Crippen molar-refractivity contribution in [3.8, 4) is 0 Å². The number of benzene rings is 3. The SMILES string of the molecule is CC(Sc1ccc(NC(=O)/C(=C/c2cccnc2)NC(=O)c2ccccc2)cc1)C(=O)Nc1ccc(F)cc1. The summed E-state index contributed by atoms with van der Waals surface area (Å²) in [6.07, 6.45) is 4.75. The van der Waals surface area contributed by atoms with Gasteiger partial charge in [-0.25, -0.2) is 4.39 Å². The Kier molecular flexibility index (Phi) is 9.20. The van der Waals surface area contributed by atoms with Crippen LogP contribution in [0.4, 0.5) is 15.8 Å². The Morgan fingerprint density at radius 1 is 0.846 bits per heavy atom. The maximum absolute atomic E-state index is 13.1. The van der Waals surface area contributed by atoms with Gasteiger partial charge in [0.1, 0.15) is 11.5 Å². The molecule has 0 aliphatic heterocycles. The molecule has 3 aromatic carbocycles. The Labute approximate surface area is 229 Å². The second kappa shape index (κ2) is 13.2. The van der Waals surface area contributed by atoms with Crippen molar-refractivity contribution >= 4 is 46.9 Å². The molecule has 3 amide bonds. The van der Waals surface area contributed by atoms with Crippen molar-refractivity contribution in [1.82, 2.24) is 10.3 Å². The number of halogens is 1. The summed E-state index contributed by atoms with van der Waals surface area (Å²) in [7, 11) is 0. The monoisotopic (exact) mass is 540 g/mol. The van der Waals surface area contributed by atoms with E-state index in [0.717, 1.165) is 4.90 Å². The number of hydrogen-bond acceptors (Lipinski definition) is 5. The smallest absolute Gasteiger partial charge is 0.272 e. The zero-order valence-corrected chi connectivity index (χ0v) is 21.7. The summed E-state index contributed by atoms with van der Waals surface area (Å²) in [5.41, 5.74) is 2.15. The van der Waals surface area contributed by atoms with Crippen LogP contribution in [0.15, 0.2) is 114 Å². The van der Waals surface area contributed by atoms with Crippen LogP contribution in [0.25, 0.3) is 6.08 Å². The molecule has 0 bridgehead atoms. The fourth-order valence-corrected chi connectivity index (χ4v) is 4.29. The third kappa shape index (κ3) is 8.11. The largest absolute Gasteiger partial charge is 0.325 e. The molecule has 196 valence electrons. The molecule has 1 atom stereocenters. The van der Waals surface area contributed by atoms with Gasteiger partial charge in [0.05, 0.1) is 5.25 Å². The third-order valence-electron chi connectivity index (χ3n) is 5.43. The van der Waals surface area contributed by atoms with Crippen LogP contribution in [-0.4, -0.2) is 28.0 Å². The third-order valence-corrected chi connectivity index (χ3v) is 6.54. The summed E-state index contributed by atoms with van der Waals surface area (Å²) in [5, 5.41) is 7.82. The number of pyridine rings is 1. The maximum atomic E-state index is 13.1. The van der Waals surface area contributed by atoms with Gasteiger partial charge in [0.15, 0.2) is 0 Å². The van der Waals surface area contributed by atoms with Crippen molar-refractivity contribution in [1.29, 1.82) is 0 Å². The number of nitrogens with zero attached hydrogens (tertiary/aromatic N) is 1. The van der Waals surface area contributed by atoms with Gasteiger partial charge in [0.25, 0.3) is 11.8 Å². The summed E-state index contributed by atoms with van der Waals surface area (Å²) >= 11 is 1.34. The first kappa shape index (κ1) is 27.3. The molecule has 3 N–H and O–H groups in total. The predicted molar refractivity (Wildman–Crippen MR) is 152 cm³/mol. The van der Waals surface area contributed by atoms with Crippen LogP contribution in [0.1, 0.15) is 22.8 Å². The van der Waals surface area contributed by atoms with Gasteiger partial charge in [-0.2, -0.15) is 0 Å². The minimum absolute atomic E-state index is 0.0568. The van der Waals surface area contributed by atoms with Crippen LogP contribution in [-0.2, 0) is 9.59 Å². The maximum Gasteiger partial charge on any atom is 0.272 e. The van der Waals surface area contributed by atoms with E-state index < -0.39 is 17.1 Å². The Balaban J connectivity index is 1.41. The second-order valence-corrected chi connectivity index (χ2v) is 9.81. The lowest BCUT2D eigenvalue weighted by Gasteiger charge is -2.13. The number of hydrogen-bond donors (Lipinski definition) is 3. The normalized spacial score (nSPS) is 11.8. The lowest BCUT2D eigenvalue weighted by atomic mass is 10.2. The molecular formula is C30H25FN4O3S. The van der Waals surface area contributed by atoms with Crippen molar-refractivity contribution in [2.45, 2.75) is 17.1 Å². The Morgan fingerprint density at radius 2 is 1.51 bits per heavy atom. The number of carbonyl (C=O) groups is 3. The molecule has 0 saturated carbocycles. The number of anilines is 2. The number of carbonyl (C=O) groups excluding carboxylic acids is 3. The minimum Gasteiger partial charge on any atom is -0.325 e. The Morgan fingerprint density at radius 3 is 2.18 bits per heavy atom. The van der Waals surface area contributed by atoms with Crippen molar-refractivity contribution in [3.63, 3.8) is 0 Å². The van der Waals surface area contributed by atoms with E-state index in [2.05, 4.69) is 20.9 Å². The summed E-state index contributed by atoms with van der Waals surface area (Å²) < 4.78 is 13.1.